The fraction of sp³-hybridized carbons (Fsp3) is 0.385. The molecular formula is C13H16ClN3O3. The number of para-hydroxylation sites is 1. The van der Waals surface area contributed by atoms with Crippen molar-refractivity contribution in [2.75, 3.05) is 6.54 Å². The number of β-amino-alcohol motifs (C(OH)–C–C–N with tert-alkyl or cyclic N) is 1. The Labute approximate surface area is 122 Å². The summed E-state index contributed by atoms with van der Waals surface area (Å²) in [6.45, 7) is 0.825. The molecule has 0 unspecified atom stereocenters. The van der Waals surface area contributed by atoms with E-state index in [0.717, 1.165) is 5.75 Å². The second kappa shape index (κ2) is 6.69. The van der Waals surface area contributed by atoms with Gasteiger partial charge in [0.25, 0.3) is 0 Å². The Morgan fingerprint density at radius 1 is 1.35 bits per heavy atom. The van der Waals surface area contributed by atoms with Crippen LogP contribution in [0.2, 0.25) is 0 Å². The molecule has 1 aromatic carbocycles. The minimum absolute atomic E-state index is 0. The molecule has 0 amide bonds. The van der Waals surface area contributed by atoms with E-state index in [4.69, 9.17) is 9.26 Å². The second-order valence-electron chi connectivity index (χ2n) is 4.50. The van der Waals surface area contributed by atoms with Crippen LogP contribution in [0.25, 0.3) is 0 Å². The Bertz CT molecular complexity index is 535. The van der Waals surface area contributed by atoms with Gasteiger partial charge in [0.05, 0.1) is 12.1 Å². The van der Waals surface area contributed by atoms with Crippen molar-refractivity contribution in [1.82, 2.24) is 15.5 Å². The molecule has 1 aromatic heterocycles. The van der Waals surface area contributed by atoms with Crippen molar-refractivity contribution in [3.8, 4) is 5.75 Å². The molecule has 2 aromatic rings. The van der Waals surface area contributed by atoms with Crippen molar-refractivity contribution in [3.63, 3.8) is 0 Å². The molecule has 0 saturated carbocycles. The van der Waals surface area contributed by atoms with Crippen LogP contribution in [0.15, 0.2) is 34.9 Å². The highest BCUT2D eigenvalue weighted by molar-refractivity contribution is 5.85. The minimum Gasteiger partial charge on any atom is -0.485 e. The first-order valence-electron chi connectivity index (χ1n) is 6.23. The van der Waals surface area contributed by atoms with Crippen LogP contribution in [0.1, 0.15) is 24.2 Å². The molecule has 1 aliphatic heterocycles. The fourth-order valence-corrected chi connectivity index (χ4v) is 2.04. The van der Waals surface area contributed by atoms with Crippen LogP contribution in [0.3, 0.4) is 0 Å². The van der Waals surface area contributed by atoms with E-state index in [0.29, 0.717) is 24.7 Å². The number of aliphatic hydroxyl groups is 1. The molecule has 1 saturated heterocycles. The molecule has 20 heavy (non-hydrogen) atoms. The molecule has 1 fully saturated rings. The molecule has 0 bridgehead atoms. The molecule has 2 heterocycles. The second-order valence-corrected chi connectivity index (χ2v) is 4.50. The Hall–Kier alpha value is -1.63. The third kappa shape index (κ3) is 3.47. The van der Waals surface area contributed by atoms with Crippen molar-refractivity contribution >= 4 is 12.4 Å². The van der Waals surface area contributed by atoms with Gasteiger partial charge in [0.15, 0.2) is 6.61 Å². The first-order valence-corrected chi connectivity index (χ1v) is 6.23. The van der Waals surface area contributed by atoms with Crippen LogP contribution < -0.4 is 10.1 Å². The SMILES string of the molecule is Cl.O[C@H]1CN[C@@H](c2nc(COc3ccccc3)no2)C1. The summed E-state index contributed by atoms with van der Waals surface area (Å²) in [5.74, 6) is 1.77. The summed E-state index contributed by atoms with van der Waals surface area (Å²) in [5, 5.41) is 16.4. The molecule has 0 spiro atoms. The van der Waals surface area contributed by atoms with Crippen LogP contribution in [0.5, 0.6) is 5.75 Å². The number of nitrogens with one attached hydrogen (secondary N) is 1. The molecule has 1 aliphatic rings. The van der Waals surface area contributed by atoms with Gasteiger partial charge < -0.3 is 19.7 Å². The first kappa shape index (κ1) is 14.8. The molecule has 7 heteroatoms. The normalized spacial score (nSPS) is 21.4. The van der Waals surface area contributed by atoms with E-state index in [1.165, 1.54) is 0 Å². The topological polar surface area (TPSA) is 80.4 Å². The van der Waals surface area contributed by atoms with Gasteiger partial charge in [-0.05, 0) is 18.6 Å². The predicted octanol–water partition coefficient (Wildman–Crippen LogP) is 1.47. The molecular weight excluding hydrogens is 282 g/mol. The zero-order valence-electron chi connectivity index (χ0n) is 10.7. The van der Waals surface area contributed by atoms with E-state index in [-0.39, 0.29) is 31.2 Å². The van der Waals surface area contributed by atoms with E-state index < -0.39 is 0 Å². The lowest BCUT2D eigenvalue weighted by Gasteiger charge is -2.02. The predicted molar refractivity (Wildman–Crippen MR) is 73.7 cm³/mol. The monoisotopic (exact) mass is 297 g/mol. The highest BCUT2D eigenvalue weighted by Crippen LogP contribution is 2.21. The maximum Gasteiger partial charge on any atom is 0.244 e. The average Bonchev–Trinajstić information content (AvgIpc) is 3.06. The van der Waals surface area contributed by atoms with Gasteiger partial charge in [-0.1, -0.05) is 23.4 Å². The smallest absolute Gasteiger partial charge is 0.244 e. The Morgan fingerprint density at radius 3 is 2.85 bits per heavy atom. The lowest BCUT2D eigenvalue weighted by atomic mass is 10.2. The third-order valence-electron chi connectivity index (χ3n) is 3.00. The van der Waals surface area contributed by atoms with Gasteiger partial charge in [0.2, 0.25) is 11.7 Å². The van der Waals surface area contributed by atoms with Gasteiger partial charge in [-0.2, -0.15) is 4.98 Å². The van der Waals surface area contributed by atoms with E-state index in [1.807, 2.05) is 30.3 Å². The van der Waals surface area contributed by atoms with E-state index in [2.05, 4.69) is 15.5 Å². The number of aliphatic hydroxyl groups excluding tert-OH is 1. The maximum atomic E-state index is 9.44. The quantitative estimate of drug-likeness (QED) is 0.889. The maximum absolute atomic E-state index is 9.44. The summed E-state index contributed by atoms with van der Waals surface area (Å²) in [7, 11) is 0. The lowest BCUT2D eigenvalue weighted by molar-refractivity contribution is 0.191. The lowest BCUT2D eigenvalue weighted by Crippen LogP contribution is -2.15. The van der Waals surface area contributed by atoms with E-state index >= 15 is 0 Å². The molecule has 0 radical (unpaired) electrons. The van der Waals surface area contributed by atoms with E-state index in [9.17, 15) is 5.11 Å². The van der Waals surface area contributed by atoms with Crippen molar-refractivity contribution < 1.29 is 14.4 Å². The van der Waals surface area contributed by atoms with Crippen LogP contribution >= 0.6 is 12.4 Å². The molecule has 2 atom stereocenters. The van der Waals surface area contributed by atoms with E-state index in [1.54, 1.807) is 0 Å². The van der Waals surface area contributed by atoms with Crippen molar-refractivity contribution in [1.29, 1.82) is 0 Å². The van der Waals surface area contributed by atoms with Crippen molar-refractivity contribution in [2.24, 2.45) is 0 Å². The summed E-state index contributed by atoms with van der Waals surface area (Å²) in [6, 6.07) is 9.41. The summed E-state index contributed by atoms with van der Waals surface area (Å²) >= 11 is 0. The number of hydrogen-bond donors (Lipinski definition) is 2. The summed E-state index contributed by atoms with van der Waals surface area (Å²) in [5.41, 5.74) is 0. The number of nitrogens with zero attached hydrogens (tertiary/aromatic N) is 2. The van der Waals surface area contributed by atoms with Crippen LogP contribution in [0, 0.1) is 0 Å². The number of rotatable bonds is 4. The highest BCUT2D eigenvalue weighted by Gasteiger charge is 2.28. The number of hydrogen-bond acceptors (Lipinski definition) is 6. The number of ether oxygens (including phenoxy) is 1. The molecule has 6 nitrogen and oxygen atoms in total. The zero-order chi connectivity index (χ0) is 13.1. The Kier molecular flexibility index (Phi) is 4.94. The average molecular weight is 298 g/mol. The zero-order valence-corrected chi connectivity index (χ0v) is 11.5. The number of aromatic nitrogens is 2. The van der Waals surface area contributed by atoms with Gasteiger partial charge in [-0.15, -0.1) is 12.4 Å². The van der Waals surface area contributed by atoms with Gasteiger partial charge in [0.1, 0.15) is 5.75 Å². The molecule has 108 valence electrons. The number of benzene rings is 1. The summed E-state index contributed by atoms with van der Waals surface area (Å²) < 4.78 is 10.7. The molecule has 0 aliphatic carbocycles. The third-order valence-corrected chi connectivity index (χ3v) is 3.00. The van der Waals surface area contributed by atoms with Crippen LogP contribution in [-0.4, -0.2) is 27.9 Å². The van der Waals surface area contributed by atoms with Gasteiger partial charge in [-0.25, -0.2) is 0 Å². The molecule has 3 rings (SSSR count). The molecule has 2 N–H and O–H groups in total. The van der Waals surface area contributed by atoms with Crippen molar-refractivity contribution in [2.45, 2.75) is 25.2 Å². The van der Waals surface area contributed by atoms with Crippen LogP contribution in [0.4, 0.5) is 0 Å². The Morgan fingerprint density at radius 2 is 2.15 bits per heavy atom. The summed E-state index contributed by atoms with van der Waals surface area (Å²) in [4.78, 5) is 4.27. The first-order chi connectivity index (χ1) is 9.31. The largest absolute Gasteiger partial charge is 0.485 e. The minimum atomic E-state index is -0.346. The number of halogens is 1. The van der Waals surface area contributed by atoms with Gasteiger partial charge in [-0.3, -0.25) is 0 Å². The highest BCUT2D eigenvalue weighted by atomic mass is 35.5. The van der Waals surface area contributed by atoms with Gasteiger partial charge >= 0.3 is 0 Å². The standard InChI is InChI=1S/C13H15N3O3.ClH/c17-9-6-11(14-7-9)13-15-12(16-19-13)8-18-10-4-2-1-3-5-10;/h1-5,9,11,14,17H,6-8H2;1H/t9-,11-;/m1./s1. The Balaban J connectivity index is 0.00000147. The van der Waals surface area contributed by atoms with Crippen LogP contribution in [-0.2, 0) is 6.61 Å². The van der Waals surface area contributed by atoms with Gasteiger partial charge in [0, 0.05) is 6.54 Å². The van der Waals surface area contributed by atoms with Crippen molar-refractivity contribution in [3.05, 3.63) is 42.0 Å². The fourth-order valence-electron chi connectivity index (χ4n) is 2.04. The summed E-state index contributed by atoms with van der Waals surface area (Å²) in [6.07, 6.45) is 0.252.